The lowest BCUT2D eigenvalue weighted by atomic mass is 10.2. The van der Waals surface area contributed by atoms with Crippen LogP contribution in [-0.2, 0) is 41.0 Å². The first kappa shape index (κ1) is 23.6. The van der Waals surface area contributed by atoms with Gasteiger partial charge in [-0.25, -0.2) is 4.98 Å². The molecule has 1 unspecified atom stereocenters. The first-order valence-corrected chi connectivity index (χ1v) is 11.5. The highest BCUT2D eigenvalue weighted by molar-refractivity contribution is 7.53. The molecule has 0 aliphatic rings. The Balaban J connectivity index is 1.58. The molecule has 3 rings (SSSR count). The number of aromatic amines is 1. The third-order valence-electron chi connectivity index (χ3n) is 4.25. The number of rotatable bonds is 12. The molecule has 3 N–H and O–H groups in total. The summed E-state index contributed by atoms with van der Waals surface area (Å²) in [6.45, 7) is 1.50. The molecule has 0 saturated heterocycles. The summed E-state index contributed by atoms with van der Waals surface area (Å²) in [6, 6.07) is 9.12. The average Bonchev–Trinajstić information content (AvgIpc) is 3.19. The molecule has 32 heavy (non-hydrogen) atoms. The molecule has 0 bridgehead atoms. The molecule has 0 aliphatic heterocycles. The zero-order valence-corrected chi connectivity index (χ0v) is 18.3. The van der Waals surface area contributed by atoms with Gasteiger partial charge in [-0.2, -0.15) is 4.98 Å². The Bertz CT molecular complexity index is 1150. The number of aromatic nitrogens is 4. The number of nitrogen functional groups attached to an aromatic ring is 1. The van der Waals surface area contributed by atoms with Crippen molar-refractivity contribution in [1.82, 2.24) is 19.5 Å². The predicted molar refractivity (Wildman–Crippen MR) is 115 cm³/mol. The van der Waals surface area contributed by atoms with E-state index in [0.717, 1.165) is 5.56 Å². The minimum atomic E-state index is -3.74. The Kier molecular flexibility index (Phi) is 8.12. The summed E-state index contributed by atoms with van der Waals surface area (Å²) in [5.74, 6) is -0.520. The monoisotopic (exact) mass is 465 g/mol. The number of nitrogens with zero attached hydrogens (tertiary/aromatic N) is 3. The molecule has 3 aromatic rings. The number of nitrogens with two attached hydrogens (primary N) is 1. The maximum absolute atomic E-state index is 13.1. The molecule has 0 spiro atoms. The van der Waals surface area contributed by atoms with Gasteiger partial charge in [-0.1, -0.05) is 37.3 Å². The smallest absolute Gasteiger partial charge is 0.359 e. The first-order chi connectivity index (χ1) is 15.4. The fraction of sp³-hybridized carbons (Fsp3) is 0.368. The van der Waals surface area contributed by atoms with Crippen LogP contribution in [0.4, 0.5) is 5.95 Å². The van der Waals surface area contributed by atoms with Crippen molar-refractivity contribution in [3.8, 4) is 0 Å². The number of hydrogen-bond acceptors (Lipinski definition) is 10. The molecule has 2 aromatic heterocycles. The Morgan fingerprint density at radius 2 is 2.03 bits per heavy atom. The van der Waals surface area contributed by atoms with Crippen LogP contribution in [0.15, 0.2) is 41.5 Å². The summed E-state index contributed by atoms with van der Waals surface area (Å²) in [7, 11) is -3.74. The highest BCUT2D eigenvalue weighted by Crippen LogP contribution is 2.48. The van der Waals surface area contributed by atoms with Gasteiger partial charge in [0, 0.05) is 13.0 Å². The summed E-state index contributed by atoms with van der Waals surface area (Å²) in [4.78, 5) is 33.6. The second-order valence-corrected chi connectivity index (χ2v) is 8.58. The van der Waals surface area contributed by atoms with Gasteiger partial charge in [0.25, 0.3) is 5.56 Å². The quantitative estimate of drug-likeness (QED) is 0.175. The largest absolute Gasteiger partial charge is 0.438 e. The maximum Gasteiger partial charge on any atom is 0.359 e. The van der Waals surface area contributed by atoms with Gasteiger partial charge in [-0.3, -0.25) is 23.7 Å². The van der Waals surface area contributed by atoms with Crippen molar-refractivity contribution < 1.29 is 27.9 Å². The Morgan fingerprint density at radius 3 is 2.78 bits per heavy atom. The van der Waals surface area contributed by atoms with Crippen molar-refractivity contribution in [1.29, 1.82) is 0 Å². The van der Waals surface area contributed by atoms with Gasteiger partial charge in [-0.15, -0.1) is 0 Å². The second-order valence-electron chi connectivity index (χ2n) is 6.59. The molecular weight excluding hydrogens is 441 g/mol. The van der Waals surface area contributed by atoms with E-state index in [4.69, 9.17) is 24.3 Å². The molecule has 13 heteroatoms. The van der Waals surface area contributed by atoms with Crippen molar-refractivity contribution in [3.05, 3.63) is 52.6 Å². The van der Waals surface area contributed by atoms with Crippen LogP contribution in [0.1, 0.15) is 18.9 Å². The molecule has 12 nitrogen and oxygen atoms in total. The van der Waals surface area contributed by atoms with Crippen LogP contribution in [0.5, 0.6) is 0 Å². The topological polar surface area (TPSA) is 161 Å². The number of nitrogens with one attached hydrogen (secondary N) is 1. The minimum Gasteiger partial charge on any atom is -0.438 e. The number of ether oxygens (including phenoxy) is 2. The molecule has 0 aliphatic carbocycles. The van der Waals surface area contributed by atoms with Gasteiger partial charge in [-0.05, 0) is 5.56 Å². The van der Waals surface area contributed by atoms with E-state index in [1.165, 1.54) is 6.33 Å². The van der Waals surface area contributed by atoms with Gasteiger partial charge >= 0.3 is 13.6 Å². The fourth-order valence-electron chi connectivity index (χ4n) is 2.61. The van der Waals surface area contributed by atoms with Crippen LogP contribution in [0.25, 0.3) is 11.2 Å². The molecule has 1 aromatic carbocycles. The van der Waals surface area contributed by atoms with Gasteiger partial charge in [0.1, 0.15) is 6.35 Å². The summed E-state index contributed by atoms with van der Waals surface area (Å²) in [5, 5.41) is 0. The van der Waals surface area contributed by atoms with Crippen molar-refractivity contribution in [3.63, 3.8) is 0 Å². The molecule has 172 valence electrons. The number of anilines is 1. The van der Waals surface area contributed by atoms with Gasteiger partial charge in [0.05, 0.1) is 19.5 Å². The van der Waals surface area contributed by atoms with Crippen LogP contribution in [0.2, 0.25) is 0 Å². The van der Waals surface area contributed by atoms with Gasteiger partial charge < -0.3 is 24.3 Å². The molecule has 2 heterocycles. The molecule has 0 radical (unpaired) electrons. The number of fused-ring (bicyclic) bond motifs is 1. The number of hydrogen-bond donors (Lipinski definition) is 2. The lowest BCUT2D eigenvalue weighted by Crippen LogP contribution is -2.14. The normalized spacial score (nSPS) is 13.2. The SMILES string of the molecule is CCC(=O)OCOP(=O)(COCCn1cnc2c(=O)[nH]c(N)nc21)OCc1ccccc1. The molecule has 0 amide bonds. The van der Waals surface area contributed by atoms with E-state index >= 15 is 0 Å². The van der Waals surface area contributed by atoms with Gasteiger partial charge in [0.2, 0.25) is 12.7 Å². The van der Waals surface area contributed by atoms with E-state index in [2.05, 4.69) is 15.0 Å². The van der Waals surface area contributed by atoms with Crippen LogP contribution in [0, 0.1) is 0 Å². The number of benzene rings is 1. The Hall–Kier alpha value is -3.05. The highest BCUT2D eigenvalue weighted by atomic mass is 31.2. The van der Waals surface area contributed by atoms with E-state index in [1.54, 1.807) is 11.5 Å². The minimum absolute atomic E-state index is 0.0287. The van der Waals surface area contributed by atoms with Crippen molar-refractivity contribution in [2.75, 3.05) is 25.5 Å². The molecular formula is C19H24N5O7P. The number of imidazole rings is 1. The lowest BCUT2D eigenvalue weighted by Gasteiger charge is -2.18. The van der Waals surface area contributed by atoms with E-state index in [-0.39, 0.29) is 44.0 Å². The van der Waals surface area contributed by atoms with Gasteiger partial charge in [0.15, 0.2) is 11.2 Å². The summed E-state index contributed by atoms with van der Waals surface area (Å²) in [5.41, 5.74) is 6.38. The first-order valence-electron chi connectivity index (χ1n) is 9.76. The standard InChI is InChI=1S/C19H24N5O7P/c1-2-15(25)29-12-31-32(27,30-10-14-6-4-3-5-7-14)13-28-9-8-24-11-21-16-17(24)22-19(20)23-18(16)26/h3-7,11H,2,8-10,12-13H2,1H3,(H3,20,22,23,26). The molecule has 0 saturated carbocycles. The summed E-state index contributed by atoms with van der Waals surface area (Å²) >= 11 is 0. The third kappa shape index (κ3) is 6.47. The lowest BCUT2D eigenvalue weighted by molar-refractivity contribution is -0.150. The van der Waals surface area contributed by atoms with Crippen molar-refractivity contribution in [2.24, 2.45) is 0 Å². The molecule has 0 fully saturated rings. The zero-order valence-electron chi connectivity index (χ0n) is 17.4. The van der Waals surface area contributed by atoms with Crippen LogP contribution in [0.3, 0.4) is 0 Å². The third-order valence-corrected chi connectivity index (χ3v) is 5.77. The average molecular weight is 465 g/mol. The van der Waals surface area contributed by atoms with Crippen molar-refractivity contribution in [2.45, 2.75) is 26.5 Å². The van der Waals surface area contributed by atoms with E-state index in [0.29, 0.717) is 5.65 Å². The molecule has 1 atom stereocenters. The predicted octanol–water partition coefficient (Wildman–Crippen LogP) is 2.01. The van der Waals surface area contributed by atoms with E-state index in [1.807, 2.05) is 30.3 Å². The highest BCUT2D eigenvalue weighted by Gasteiger charge is 2.26. The van der Waals surface area contributed by atoms with Crippen LogP contribution >= 0.6 is 7.60 Å². The van der Waals surface area contributed by atoms with Crippen LogP contribution < -0.4 is 11.3 Å². The van der Waals surface area contributed by atoms with Crippen LogP contribution in [-0.4, -0.2) is 45.2 Å². The van der Waals surface area contributed by atoms with E-state index in [9.17, 15) is 14.2 Å². The number of H-pyrrole nitrogens is 1. The summed E-state index contributed by atoms with van der Waals surface area (Å²) < 4.78 is 35.7. The maximum atomic E-state index is 13.1. The second kappa shape index (κ2) is 11.0. The summed E-state index contributed by atoms with van der Waals surface area (Å²) in [6.07, 6.45) is 1.23. The number of carbonyl (C=O) groups is 1. The Labute approximate surface area is 183 Å². The Morgan fingerprint density at radius 1 is 1.25 bits per heavy atom. The number of carbonyl (C=O) groups excluding carboxylic acids is 1. The van der Waals surface area contributed by atoms with Crippen molar-refractivity contribution >= 4 is 30.7 Å². The zero-order chi connectivity index (χ0) is 23.0. The number of esters is 1. The van der Waals surface area contributed by atoms with E-state index < -0.39 is 25.9 Å². The fourth-order valence-corrected chi connectivity index (χ4v) is 3.74.